The van der Waals surface area contributed by atoms with Crippen molar-refractivity contribution in [3.05, 3.63) is 75.8 Å². The second-order valence-electron chi connectivity index (χ2n) is 10.6. The number of aromatic nitrogens is 2. The van der Waals surface area contributed by atoms with Gasteiger partial charge in [0.25, 0.3) is 5.56 Å². The van der Waals surface area contributed by atoms with Crippen molar-refractivity contribution in [3.8, 4) is 23.0 Å². The molecule has 2 aliphatic heterocycles. The van der Waals surface area contributed by atoms with Gasteiger partial charge in [-0.05, 0) is 56.4 Å². The van der Waals surface area contributed by atoms with Crippen LogP contribution in [0.1, 0.15) is 18.8 Å². The zero-order chi connectivity index (χ0) is 31.0. The first-order valence-electron chi connectivity index (χ1n) is 14.1. The smallest absolute Gasteiger partial charge is 0.327 e. The summed E-state index contributed by atoms with van der Waals surface area (Å²) in [5.41, 5.74) is 1.14. The van der Waals surface area contributed by atoms with E-state index in [2.05, 4.69) is 10.2 Å². The van der Waals surface area contributed by atoms with Gasteiger partial charge in [-0.15, -0.1) is 0 Å². The normalized spacial score (nSPS) is 15.2. The molecule has 1 aromatic heterocycles. The number of rotatable bonds is 7. The van der Waals surface area contributed by atoms with Gasteiger partial charge in [-0.1, -0.05) is 11.6 Å². The third-order valence-electron chi connectivity index (χ3n) is 7.85. The molecule has 0 bridgehead atoms. The number of halogens is 1. The van der Waals surface area contributed by atoms with Crippen molar-refractivity contribution in [1.82, 2.24) is 14.6 Å². The minimum atomic E-state index is -0.762. The van der Waals surface area contributed by atoms with E-state index in [1.54, 1.807) is 66.4 Å². The number of piperazine rings is 1. The van der Waals surface area contributed by atoms with Crippen LogP contribution >= 0.6 is 11.6 Å². The number of nitrogens with one attached hydrogen (secondary N) is 1. The van der Waals surface area contributed by atoms with E-state index < -0.39 is 12.1 Å². The molecule has 2 amide bonds. The van der Waals surface area contributed by atoms with E-state index in [-0.39, 0.29) is 12.4 Å². The van der Waals surface area contributed by atoms with E-state index in [0.29, 0.717) is 69.2 Å². The van der Waals surface area contributed by atoms with Crippen LogP contribution in [0.4, 0.5) is 16.2 Å². The fourth-order valence-electron chi connectivity index (χ4n) is 5.46. The highest BCUT2D eigenvalue weighted by atomic mass is 35.5. The molecule has 1 atom stereocenters. The number of hydrogen-bond acceptors (Lipinski definition) is 9. The number of fused-ring (bicyclic) bond motifs is 2. The summed E-state index contributed by atoms with van der Waals surface area (Å²) in [7, 11) is 5.12. The van der Waals surface area contributed by atoms with Crippen LogP contribution in [0.15, 0.2) is 59.4 Å². The van der Waals surface area contributed by atoms with Gasteiger partial charge < -0.3 is 34.2 Å². The summed E-state index contributed by atoms with van der Waals surface area (Å²) in [5, 5.41) is 5.84. The molecule has 12 nitrogen and oxygen atoms in total. The molecule has 230 valence electrons. The van der Waals surface area contributed by atoms with Gasteiger partial charge in [0.15, 0.2) is 17.3 Å². The summed E-state index contributed by atoms with van der Waals surface area (Å²) in [4.78, 5) is 37.1. The molecule has 44 heavy (non-hydrogen) atoms. The number of amides is 2. The summed E-state index contributed by atoms with van der Waals surface area (Å²) < 4.78 is 23.7. The number of urea groups is 1. The molecule has 13 heteroatoms. The summed E-state index contributed by atoms with van der Waals surface area (Å²) in [6, 6.07) is 14.1. The lowest BCUT2D eigenvalue weighted by Gasteiger charge is -2.38. The molecule has 0 saturated carbocycles. The average Bonchev–Trinajstić information content (AvgIpc) is 3.49. The van der Waals surface area contributed by atoms with Gasteiger partial charge in [0.1, 0.15) is 11.5 Å². The topological polar surface area (TPSA) is 111 Å². The maximum absolute atomic E-state index is 14.3. The number of ether oxygens (including phenoxy) is 4. The maximum atomic E-state index is 14.3. The fourth-order valence-corrected chi connectivity index (χ4v) is 5.62. The van der Waals surface area contributed by atoms with Gasteiger partial charge in [0, 0.05) is 49.0 Å². The van der Waals surface area contributed by atoms with Gasteiger partial charge in [0.05, 0.1) is 36.9 Å². The summed E-state index contributed by atoms with van der Waals surface area (Å²) in [5.74, 6) is 2.45. The molecule has 6 rings (SSSR count). The van der Waals surface area contributed by atoms with Crippen molar-refractivity contribution in [2.75, 3.05) is 69.5 Å². The van der Waals surface area contributed by atoms with Crippen molar-refractivity contribution in [3.63, 3.8) is 0 Å². The van der Waals surface area contributed by atoms with Crippen LogP contribution in [0.3, 0.4) is 0 Å². The molecule has 0 aliphatic carbocycles. The number of anilines is 2. The predicted molar refractivity (Wildman–Crippen MR) is 168 cm³/mol. The van der Waals surface area contributed by atoms with E-state index in [4.69, 9.17) is 35.5 Å². The minimum absolute atomic E-state index is 0.112. The van der Waals surface area contributed by atoms with E-state index >= 15 is 0 Å². The van der Waals surface area contributed by atoms with Gasteiger partial charge in [-0.2, -0.15) is 0 Å². The highest BCUT2D eigenvalue weighted by Crippen LogP contribution is 2.38. The largest absolute Gasteiger partial charge is 0.497 e. The lowest BCUT2D eigenvalue weighted by molar-refractivity contribution is 0.174. The van der Waals surface area contributed by atoms with Crippen LogP contribution < -0.4 is 39.7 Å². The van der Waals surface area contributed by atoms with Gasteiger partial charge in [-0.25, -0.2) is 14.5 Å². The zero-order valence-corrected chi connectivity index (χ0v) is 25.6. The first-order chi connectivity index (χ1) is 21.3. The molecule has 1 N–H and O–H groups in total. The molecule has 1 fully saturated rings. The van der Waals surface area contributed by atoms with E-state index in [1.807, 2.05) is 19.0 Å². The van der Waals surface area contributed by atoms with Gasteiger partial charge in [0.2, 0.25) is 6.79 Å². The Balaban J connectivity index is 1.50. The number of nitrogens with zero attached hydrogens (tertiary/aromatic N) is 5. The van der Waals surface area contributed by atoms with Gasteiger partial charge >= 0.3 is 6.03 Å². The quantitative estimate of drug-likeness (QED) is 0.320. The van der Waals surface area contributed by atoms with Crippen molar-refractivity contribution in [2.45, 2.75) is 13.0 Å². The molecule has 3 heterocycles. The molecule has 4 aromatic rings. The number of carbonyl (C=O) groups is 1. The lowest BCUT2D eigenvalue weighted by Crippen LogP contribution is -2.55. The second kappa shape index (κ2) is 12.1. The first-order valence-corrected chi connectivity index (χ1v) is 14.5. The van der Waals surface area contributed by atoms with Crippen molar-refractivity contribution < 1.29 is 23.7 Å². The second-order valence-corrected chi connectivity index (χ2v) is 11.0. The number of hydrogen-bond donors (Lipinski definition) is 1. The van der Waals surface area contributed by atoms with E-state index in [0.717, 1.165) is 13.1 Å². The maximum Gasteiger partial charge on any atom is 0.327 e. The molecular formula is C31H33ClN6O6. The molecule has 1 unspecified atom stereocenters. The van der Waals surface area contributed by atoms with Crippen LogP contribution in [-0.2, 0) is 0 Å². The Labute approximate surface area is 259 Å². The van der Waals surface area contributed by atoms with Crippen molar-refractivity contribution >= 4 is 39.9 Å². The fraction of sp³-hybridized carbons (Fsp3) is 0.323. The summed E-state index contributed by atoms with van der Waals surface area (Å²) in [6.45, 7) is 4.67. The SMILES string of the molecule is COc1ccc(N(C(=O)Nc2ccc3c(c2)OCO3)C(C)c2nc3cc(Cl)ccc3c(=O)n2N2CCN(C)CC2)c(OC)c1. The van der Waals surface area contributed by atoms with Crippen LogP contribution in [0.5, 0.6) is 23.0 Å². The van der Waals surface area contributed by atoms with Crippen LogP contribution in [0.2, 0.25) is 5.02 Å². The minimum Gasteiger partial charge on any atom is -0.497 e. The summed E-state index contributed by atoms with van der Waals surface area (Å²) >= 11 is 6.33. The molecular weight excluding hydrogens is 588 g/mol. The number of likely N-dealkylation sites (N-methyl/N-ethyl adjacent to an activating group) is 1. The monoisotopic (exact) mass is 620 g/mol. The Kier molecular flexibility index (Phi) is 8.11. The first kappa shape index (κ1) is 29.4. The Morgan fingerprint density at radius 1 is 1.00 bits per heavy atom. The number of methoxy groups -OCH3 is 2. The molecule has 0 spiro atoms. The lowest BCUT2D eigenvalue weighted by atomic mass is 10.1. The predicted octanol–water partition coefficient (Wildman–Crippen LogP) is 4.48. The molecule has 1 saturated heterocycles. The van der Waals surface area contributed by atoms with Crippen molar-refractivity contribution in [1.29, 1.82) is 0 Å². The molecule has 2 aliphatic rings. The number of benzene rings is 3. The Morgan fingerprint density at radius 3 is 2.52 bits per heavy atom. The standard InChI is InChI=1S/C31H33ClN6O6/c1-19(29-34-24-15-20(32)5-8-23(24)30(39)38(29)36-13-11-35(2)12-14-36)37(25-9-7-22(41-3)17-27(25)42-4)31(40)33-21-6-10-26-28(16-21)44-18-43-26/h5-10,15-17,19H,11-14,18H2,1-4H3,(H,33,40). The Morgan fingerprint density at radius 2 is 1.77 bits per heavy atom. The molecule has 3 aromatic carbocycles. The van der Waals surface area contributed by atoms with Crippen molar-refractivity contribution in [2.24, 2.45) is 0 Å². The van der Waals surface area contributed by atoms with E-state index in [1.165, 1.54) is 12.0 Å². The highest BCUT2D eigenvalue weighted by molar-refractivity contribution is 6.31. The Hall–Kier alpha value is -4.68. The molecule has 0 radical (unpaired) electrons. The van der Waals surface area contributed by atoms with Gasteiger partial charge in [-0.3, -0.25) is 9.69 Å². The van der Waals surface area contributed by atoms with Crippen LogP contribution in [0, 0.1) is 0 Å². The van der Waals surface area contributed by atoms with Crippen LogP contribution in [-0.4, -0.2) is 74.8 Å². The Bertz CT molecular complexity index is 1770. The average molecular weight is 621 g/mol. The van der Waals surface area contributed by atoms with Crippen LogP contribution in [0.25, 0.3) is 10.9 Å². The third kappa shape index (κ3) is 5.53. The summed E-state index contributed by atoms with van der Waals surface area (Å²) in [6.07, 6.45) is 0. The highest BCUT2D eigenvalue weighted by Gasteiger charge is 2.32. The van der Waals surface area contributed by atoms with E-state index in [9.17, 15) is 9.59 Å². The number of carbonyl (C=O) groups excluding carboxylic acids is 1. The third-order valence-corrected chi connectivity index (χ3v) is 8.08. The zero-order valence-electron chi connectivity index (χ0n) is 24.9.